The van der Waals surface area contributed by atoms with Gasteiger partial charge in [0.2, 0.25) is 0 Å². The normalized spacial score (nSPS) is 19.3. The molecule has 1 amide bonds. The molecule has 2 aromatic heterocycles. The van der Waals surface area contributed by atoms with Gasteiger partial charge in [-0.15, -0.1) is 0 Å². The van der Waals surface area contributed by atoms with Gasteiger partial charge in [0, 0.05) is 24.5 Å². The van der Waals surface area contributed by atoms with Crippen LogP contribution in [0.25, 0.3) is 0 Å². The molecule has 0 spiro atoms. The molecule has 1 saturated heterocycles. The first-order valence-electron chi connectivity index (χ1n) is 6.49. The van der Waals surface area contributed by atoms with E-state index >= 15 is 0 Å². The van der Waals surface area contributed by atoms with Crippen molar-refractivity contribution in [3.63, 3.8) is 0 Å². The average Bonchev–Trinajstić information content (AvgIpc) is 3.07. The van der Waals surface area contributed by atoms with Crippen LogP contribution in [0, 0.1) is 13.8 Å². The Hall–Kier alpha value is -2.15. The molecule has 1 fully saturated rings. The van der Waals surface area contributed by atoms with Crippen molar-refractivity contribution in [2.24, 2.45) is 0 Å². The molecule has 3 rings (SSSR count). The number of carbonyl (C=O) groups is 1. The van der Waals surface area contributed by atoms with Gasteiger partial charge in [-0.3, -0.25) is 4.79 Å². The van der Waals surface area contributed by atoms with Gasteiger partial charge in [0.15, 0.2) is 5.69 Å². The van der Waals surface area contributed by atoms with Crippen LogP contribution in [-0.2, 0) is 4.74 Å². The van der Waals surface area contributed by atoms with E-state index in [0.29, 0.717) is 31.2 Å². The van der Waals surface area contributed by atoms with Gasteiger partial charge in [0.1, 0.15) is 17.7 Å². The van der Waals surface area contributed by atoms with Crippen LogP contribution in [0.1, 0.15) is 33.9 Å². The Morgan fingerprint density at radius 2 is 2.35 bits per heavy atom. The van der Waals surface area contributed by atoms with Gasteiger partial charge in [-0.1, -0.05) is 5.16 Å². The van der Waals surface area contributed by atoms with Gasteiger partial charge in [-0.2, -0.15) is 0 Å². The van der Waals surface area contributed by atoms with Crippen molar-refractivity contribution in [1.82, 2.24) is 20.0 Å². The third-order valence-electron chi connectivity index (χ3n) is 3.23. The lowest BCUT2D eigenvalue weighted by molar-refractivity contribution is -0.0267. The minimum atomic E-state index is -0.227. The highest BCUT2D eigenvalue weighted by atomic mass is 16.5. The van der Waals surface area contributed by atoms with Gasteiger partial charge >= 0.3 is 0 Å². The lowest BCUT2D eigenvalue weighted by atomic mass is 10.2. The van der Waals surface area contributed by atoms with E-state index < -0.39 is 0 Å². The summed E-state index contributed by atoms with van der Waals surface area (Å²) in [4.78, 5) is 21.4. The molecule has 0 saturated carbocycles. The Labute approximate surface area is 115 Å². The fourth-order valence-corrected chi connectivity index (χ4v) is 2.22. The predicted molar refractivity (Wildman–Crippen MR) is 69.2 cm³/mol. The molecule has 0 aromatic carbocycles. The van der Waals surface area contributed by atoms with Crippen LogP contribution in [0.15, 0.2) is 16.8 Å². The second-order valence-corrected chi connectivity index (χ2v) is 4.88. The Morgan fingerprint density at radius 3 is 3.00 bits per heavy atom. The second-order valence-electron chi connectivity index (χ2n) is 4.88. The van der Waals surface area contributed by atoms with E-state index in [1.54, 1.807) is 24.1 Å². The van der Waals surface area contributed by atoms with Crippen molar-refractivity contribution in [1.29, 1.82) is 0 Å². The van der Waals surface area contributed by atoms with E-state index in [-0.39, 0.29) is 12.0 Å². The lowest BCUT2D eigenvalue weighted by Crippen LogP contribution is -2.42. The quantitative estimate of drug-likeness (QED) is 0.891. The van der Waals surface area contributed by atoms with Crippen LogP contribution >= 0.6 is 0 Å². The Balaban J connectivity index is 1.73. The third-order valence-corrected chi connectivity index (χ3v) is 3.23. The van der Waals surface area contributed by atoms with E-state index in [0.717, 1.165) is 11.5 Å². The van der Waals surface area contributed by atoms with E-state index in [1.165, 1.54) is 0 Å². The van der Waals surface area contributed by atoms with Gasteiger partial charge < -0.3 is 19.1 Å². The number of amides is 1. The minimum absolute atomic E-state index is 0.140. The first-order valence-corrected chi connectivity index (χ1v) is 6.49. The van der Waals surface area contributed by atoms with Crippen molar-refractivity contribution < 1.29 is 14.1 Å². The lowest BCUT2D eigenvalue weighted by Gasteiger charge is -2.31. The van der Waals surface area contributed by atoms with Gasteiger partial charge in [-0.05, 0) is 13.8 Å². The summed E-state index contributed by atoms with van der Waals surface area (Å²) in [6.07, 6.45) is 1.52. The molecule has 106 valence electrons. The summed E-state index contributed by atoms with van der Waals surface area (Å²) >= 11 is 0. The zero-order chi connectivity index (χ0) is 14.1. The summed E-state index contributed by atoms with van der Waals surface area (Å²) in [6, 6.07) is 1.64. The molecular formula is C13H16N4O3. The highest BCUT2D eigenvalue weighted by Gasteiger charge is 2.29. The number of morpholine rings is 1. The van der Waals surface area contributed by atoms with Crippen molar-refractivity contribution in [3.05, 3.63) is 35.2 Å². The maximum atomic E-state index is 12.3. The smallest absolute Gasteiger partial charge is 0.276 e. The number of nitrogens with one attached hydrogen (secondary N) is 1. The Kier molecular flexibility index (Phi) is 3.27. The zero-order valence-corrected chi connectivity index (χ0v) is 11.4. The number of aromatic amines is 1. The molecule has 1 aliphatic rings. The van der Waals surface area contributed by atoms with Crippen molar-refractivity contribution in [3.8, 4) is 0 Å². The molecule has 7 heteroatoms. The Bertz CT molecular complexity index is 619. The van der Waals surface area contributed by atoms with Crippen molar-refractivity contribution >= 4 is 5.91 Å². The van der Waals surface area contributed by atoms with Gasteiger partial charge in [0.25, 0.3) is 5.91 Å². The van der Waals surface area contributed by atoms with E-state index in [4.69, 9.17) is 9.26 Å². The maximum absolute atomic E-state index is 12.3. The van der Waals surface area contributed by atoms with Crippen LogP contribution in [-0.4, -0.2) is 45.6 Å². The van der Waals surface area contributed by atoms with Crippen LogP contribution in [0.3, 0.4) is 0 Å². The molecule has 20 heavy (non-hydrogen) atoms. The number of carbonyl (C=O) groups excluding carboxylic acids is 1. The number of aryl methyl sites for hydroxylation is 2. The summed E-state index contributed by atoms with van der Waals surface area (Å²) in [5.41, 5.74) is 1.30. The molecular weight excluding hydrogens is 260 g/mol. The molecule has 1 atom stereocenters. The number of ether oxygens (including phenoxy) is 1. The first kappa shape index (κ1) is 12.9. The molecule has 7 nitrogen and oxygen atoms in total. The van der Waals surface area contributed by atoms with Gasteiger partial charge in [0.05, 0.1) is 13.2 Å². The third kappa shape index (κ3) is 2.44. The summed E-state index contributed by atoms with van der Waals surface area (Å²) < 4.78 is 10.6. The minimum Gasteiger partial charge on any atom is -0.367 e. The largest absolute Gasteiger partial charge is 0.367 e. The fourth-order valence-electron chi connectivity index (χ4n) is 2.22. The fraction of sp³-hybridized carbons (Fsp3) is 0.462. The number of nitrogens with zero attached hydrogens (tertiary/aromatic N) is 3. The molecule has 2 aromatic rings. The number of hydrogen-bond donors (Lipinski definition) is 1. The molecule has 0 bridgehead atoms. The summed E-state index contributed by atoms with van der Waals surface area (Å²) in [6.45, 7) is 5.17. The monoisotopic (exact) mass is 276 g/mol. The molecule has 0 radical (unpaired) electrons. The molecule has 0 unspecified atom stereocenters. The molecule has 1 aliphatic heterocycles. The van der Waals surface area contributed by atoms with E-state index in [1.807, 2.05) is 6.92 Å². The molecule has 3 heterocycles. The average molecular weight is 276 g/mol. The van der Waals surface area contributed by atoms with Crippen LogP contribution in [0.4, 0.5) is 0 Å². The van der Waals surface area contributed by atoms with Gasteiger partial charge in [-0.25, -0.2) is 4.98 Å². The van der Waals surface area contributed by atoms with Crippen LogP contribution in [0.5, 0.6) is 0 Å². The summed E-state index contributed by atoms with van der Waals surface area (Å²) in [5, 5.41) is 3.76. The highest BCUT2D eigenvalue weighted by molar-refractivity contribution is 5.92. The second kappa shape index (κ2) is 5.09. The molecule has 0 aliphatic carbocycles. The van der Waals surface area contributed by atoms with Crippen LogP contribution in [0.2, 0.25) is 0 Å². The zero-order valence-electron chi connectivity index (χ0n) is 11.4. The Morgan fingerprint density at radius 1 is 1.50 bits per heavy atom. The van der Waals surface area contributed by atoms with Crippen molar-refractivity contribution in [2.75, 3.05) is 19.7 Å². The number of hydrogen-bond acceptors (Lipinski definition) is 5. The highest BCUT2D eigenvalue weighted by Crippen LogP contribution is 2.21. The van der Waals surface area contributed by atoms with E-state index in [2.05, 4.69) is 15.1 Å². The topological polar surface area (TPSA) is 84.2 Å². The van der Waals surface area contributed by atoms with Crippen molar-refractivity contribution in [2.45, 2.75) is 20.0 Å². The maximum Gasteiger partial charge on any atom is 0.276 e. The summed E-state index contributed by atoms with van der Waals surface area (Å²) in [5.74, 6) is 1.23. The summed E-state index contributed by atoms with van der Waals surface area (Å²) in [7, 11) is 0. The number of rotatable bonds is 2. The number of H-pyrrole nitrogens is 1. The standard InChI is InChI=1S/C13H16N4O3/c1-8-6-14-12(15-8)11-7-17(3-4-19-11)13(18)10-5-9(2)20-16-10/h5-6,11H,3-4,7H2,1-2H3,(H,14,15)/t11-/m1/s1. The first-order chi connectivity index (χ1) is 9.63. The molecule has 1 N–H and O–H groups in total. The SMILES string of the molecule is Cc1cnc([C@H]2CN(C(=O)c3cc(C)on3)CCO2)[nH]1. The predicted octanol–water partition coefficient (Wildman–Crippen LogP) is 1.23. The van der Waals surface area contributed by atoms with E-state index in [9.17, 15) is 4.79 Å². The van der Waals surface area contributed by atoms with Crippen LogP contribution < -0.4 is 0 Å². The number of aromatic nitrogens is 3. The number of imidazole rings is 1.